The summed E-state index contributed by atoms with van der Waals surface area (Å²) < 4.78 is 0.777. The maximum absolute atomic E-state index is 12.5. The predicted molar refractivity (Wildman–Crippen MR) is 70.9 cm³/mol. The predicted octanol–water partition coefficient (Wildman–Crippen LogP) is 3.25. The molecule has 1 aromatic rings. The van der Waals surface area contributed by atoms with Crippen LogP contribution in [0.15, 0.2) is 22.8 Å². The fourth-order valence-electron chi connectivity index (χ4n) is 2.50. The van der Waals surface area contributed by atoms with E-state index in [9.17, 15) is 4.79 Å². The fourth-order valence-corrected chi connectivity index (χ4v) is 2.93. The quantitative estimate of drug-likeness (QED) is 0.839. The molecule has 2 atom stereocenters. The van der Waals surface area contributed by atoms with E-state index >= 15 is 0 Å². The number of carbonyl (C=O) groups excluding carboxylic acids is 1. The van der Waals surface area contributed by atoms with E-state index in [1.807, 2.05) is 17.0 Å². The summed E-state index contributed by atoms with van der Waals surface area (Å²) in [7, 11) is 0. The van der Waals surface area contributed by atoms with Gasteiger partial charge in [0.1, 0.15) is 5.69 Å². The van der Waals surface area contributed by atoms with Crippen LogP contribution >= 0.6 is 15.9 Å². The van der Waals surface area contributed by atoms with Crippen molar-refractivity contribution in [2.24, 2.45) is 0 Å². The van der Waals surface area contributed by atoms with Gasteiger partial charge in [-0.25, -0.2) is 4.98 Å². The molecule has 1 saturated heterocycles. The lowest BCUT2D eigenvalue weighted by Gasteiger charge is -2.27. The van der Waals surface area contributed by atoms with Gasteiger partial charge in [-0.1, -0.05) is 6.92 Å². The Morgan fingerprint density at radius 2 is 2.35 bits per heavy atom. The number of amides is 1. The van der Waals surface area contributed by atoms with Crippen molar-refractivity contribution in [1.82, 2.24) is 9.88 Å². The lowest BCUT2D eigenvalue weighted by Crippen LogP contribution is -2.40. The van der Waals surface area contributed by atoms with Crippen LogP contribution in [0.25, 0.3) is 0 Å². The molecule has 92 valence electrons. The summed E-state index contributed by atoms with van der Waals surface area (Å²) in [4.78, 5) is 18.7. The van der Waals surface area contributed by atoms with Gasteiger partial charge < -0.3 is 4.90 Å². The third-order valence-electron chi connectivity index (χ3n) is 3.45. The van der Waals surface area contributed by atoms with Crippen molar-refractivity contribution in [1.29, 1.82) is 0 Å². The summed E-state index contributed by atoms with van der Waals surface area (Å²) in [5.41, 5.74) is 0.528. The van der Waals surface area contributed by atoms with Gasteiger partial charge in [-0.15, -0.1) is 0 Å². The molecule has 0 radical (unpaired) electrons. The summed E-state index contributed by atoms with van der Waals surface area (Å²) in [5.74, 6) is 0.0503. The van der Waals surface area contributed by atoms with E-state index in [1.54, 1.807) is 6.20 Å². The minimum atomic E-state index is 0.0503. The first-order valence-electron chi connectivity index (χ1n) is 6.08. The van der Waals surface area contributed by atoms with Gasteiger partial charge in [0, 0.05) is 22.8 Å². The van der Waals surface area contributed by atoms with Gasteiger partial charge in [0.05, 0.1) is 0 Å². The van der Waals surface area contributed by atoms with Crippen molar-refractivity contribution < 1.29 is 4.79 Å². The lowest BCUT2D eigenvalue weighted by molar-refractivity contribution is 0.0669. The van der Waals surface area contributed by atoms with Crippen LogP contribution in [0.2, 0.25) is 0 Å². The number of aromatic nitrogens is 1. The zero-order chi connectivity index (χ0) is 12.4. The lowest BCUT2D eigenvalue weighted by atomic mass is 10.1. The van der Waals surface area contributed by atoms with Crippen LogP contribution in [0.3, 0.4) is 0 Å². The molecule has 1 aromatic heterocycles. The van der Waals surface area contributed by atoms with Gasteiger partial charge in [0.15, 0.2) is 0 Å². The van der Waals surface area contributed by atoms with E-state index < -0.39 is 0 Å². The SMILES string of the molecule is CCC1CCC(C)N1C(=O)c1ncccc1Br. The third kappa shape index (κ3) is 2.37. The van der Waals surface area contributed by atoms with Crippen LogP contribution in [0, 0.1) is 0 Å². The molecule has 0 aliphatic carbocycles. The Kier molecular flexibility index (Phi) is 3.82. The average molecular weight is 297 g/mol. The minimum absolute atomic E-state index is 0.0503. The van der Waals surface area contributed by atoms with Crippen LogP contribution in [-0.4, -0.2) is 27.9 Å². The van der Waals surface area contributed by atoms with Gasteiger partial charge in [-0.05, 0) is 54.2 Å². The highest BCUT2D eigenvalue weighted by Crippen LogP contribution is 2.28. The number of nitrogens with zero attached hydrogens (tertiary/aromatic N) is 2. The Morgan fingerprint density at radius 1 is 1.59 bits per heavy atom. The van der Waals surface area contributed by atoms with Gasteiger partial charge in [-0.3, -0.25) is 4.79 Å². The van der Waals surface area contributed by atoms with Crippen molar-refractivity contribution >= 4 is 21.8 Å². The second-order valence-electron chi connectivity index (χ2n) is 4.53. The highest BCUT2D eigenvalue weighted by Gasteiger charge is 2.34. The fraction of sp³-hybridized carbons (Fsp3) is 0.538. The minimum Gasteiger partial charge on any atom is -0.332 e. The zero-order valence-electron chi connectivity index (χ0n) is 10.2. The van der Waals surface area contributed by atoms with Gasteiger partial charge in [0.25, 0.3) is 5.91 Å². The first-order chi connectivity index (χ1) is 8.15. The van der Waals surface area contributed by atoms with E-state index in [0.29, 0.717) is 17.8 Å². The van der Waals surface area contributed by atoms with E-state index in [4.69, 9.17) is 0 Å². The summed E-state index contributed by atoms with van der Waals surface area (Å²) in [5, 5.41) is 0. The van der Waals surface area contributed by atoms with Crippen LogP contribution in [-0.2, 0) is 0 Å². The molecule has 1 amide bonds. The highest BCUT2D eigenvalue weighted by atomic mass is 79.9. The molecule has 2 unspecified atom stereocenters. The van der Waals surface area contributed by atoms with Gasteiger partial charge >= 0.3 is 0 Å². The zero-order valence-corrected chi connectivity index (χ0v) is 11.8. The number of hydrogen-bond donors (Lipinski definition) is 0. The van der Waals surface area contributed by atoms with Crippen LogP contribution in [0.5, 0.6) is 0 Å². The van der Waals surface area contributed by atoms with Crippen LogP contribution in [0.1, 0.15) is 43.6 Å². The Balaban J connectivity index is 2.28. The normalized spacial score (nSPS) is 24.1. The topological polar surface area (TPSA) is 33.2 Å². The number of rotatable bonds is 2. The number of hydrogen-bond acceptors (Lipinski definition) is 2. The molecule has 2 heterocycles. The standard InChI is InChI=1S/C13H17BrN2O/c1-3-10-7-6-9(2)16(10)13(17)12-11(14)5-4-8-15-12/h4-5,8-10H,3,6-7H2,1-2H3. The van der Waals surface area contributed by atoms with Crippen molar-refractivity contribution in [2.45, 2.75) is 45.2 Å². The smallest absolute Gasteiger partial charge is 0.274 e. The molecule has 0 saturated carbocycles. The van der Waals surface area contributed by atoms with Crippen molar-refractivity contribution in [3.63, 3.8) is 0 Å². The Labute approximate surface area is 110 Å². The van der Waals surface area contributed by atoms with Gasteiger partial charge in [-0.2, -0.15) is 0 Å². The molecule has 0 spiro atoms. The van der Waals surface area contributed by atoms with Gasteiger partial charge in [0.2, 0.25) is 0 Å². The Bertz CT molecular complexity index is 422. The summed E-state index contributed by atoms with van der Waals surface area (Å²) in [6.45, 7) is 4.25. The number of likely N-dealkylation sites (tertiary alicyclic amines) is 1. The Hall–Kier alpha value is -0.900. The Morgan fingerprint density at radius 3 is 3.00 bits per heavy atom. The summed E-state index contributed by atoms with van der Waals surface area (Å²) >= 11 is 3.40. The van der Waals surface area contributed by atoms with E-state index in [2.05, 4.69) is 34.8 Å². The summed E-state index contributed by atoms with van der Waals surface area (Å²) in [6, 6.07) is 4.38. The molecule has 1 aliphatic heterocycles. The maximum atomic E-state index is 12.5. The monoisotopic (exact) mass is 296 g/mol. The number of halogens is 1. The molecular weight excluding hydrogens is 280 g/mol. The van der Waals surface area contributed by atoms with E-state index in [1.165, 1.54) is 0 Å². The van der Waals surface area contributed by atoms with Crippen LogP contribution < -0.4 is 0 Å². The molecule has 0 aromatic carbocycles. The van der Waals surface area contributed by atoms with E-state index in [0.717, 1.165) is 23.7 Å². The highest BCUT2D eigenvalue weighted by molar-refractivity contribution is 9.10. The number of pyridine rings is 1. The first kappa shape index (κ1) is 12.6. The third-order valence-corrected chi connectivity index (χ3v) is 4.09. The molecule has 4 heteroatoms. The molecule has 2 rings (SSSR count). The van der Waals surface area contributed by atoms with Crippen molar-refractivity contribution in [3.05, 3.63) is 28.5 Å². The average Bonchev–Trinajstić information content (AvgIpc) is 2.70. The largest absolute Gasteiger partial charge is 0.332 e. The first-order valence-corrected chi connectivity index (χ1v) is 6.87. The molecule has 0 N–H and O–H groups in total. The summed E-state index contributed by atoms with van der Waals surface area (Å²) in [6.07, 6.45) is 4.88. The van der Waals surface area contributed by atoms with Crippen molar-refractivity contribution in [2.75, 3.05) is 0 Å². The number of carbonyl (C=O) groups is 1. The molecule has 1 fully saturated rings. The molecular formula is C13H17BrN2O. The molecule has 0 bridgehead atoms. The molecule has 3 nitrogen and oxygen atoms in total. The molecule has 1 aliphatic rings. The molecule has 17 heavy (non-hydrogen) atoms. The van der Waals surface area contributed by atoms with Crippen molar-refractivity contribution in [3.8, 4) is 0 Å². The second kappa shape index (κ2) is 5.17. The van der Waals surface area contributed by atoms with E-state index in [-0.39, 0.29) is 5.91 Å². The second-order valence-corrected chi connectivity index (χ2v) is 5.39. The maximum Gasteiger partial charge on any atom is 0.274 e. The van der Waals surface area contributed by atoms with Crippen LogP contribution in [0.4, 0.5) is 0 Å².